The fraction of sp³-hybridized carbons (Fsp3) is 0.333. The molecule has 2 aliphatic heterocycles. The first-order chi connectivity index (χ1) is 10.7. The summed E-state index contributed by atoms with van der Waals surface area (Å²) in [5.41, 5.74) is 3.43. The van der Waals surface area contributed by atoms with E-state index in [2.05, 4.69) is 0 Å². The van der Waals surface area contributed by atoms with Crippen LogP contribution in [0.25, 0.3) is 11.1 Å². The lowest BCUT2D eigenvalue weighted by Crippen LogP contribution is -2.01. The van der Waals surface area contributed by atoms with Gasteiger partial charge in [0, 0.05) is 24.0 Å². The van der Waals surface area contributed by atoms with Crippen LogP contribution in [0.3, 0.4) is 0 Å². The summed E-state index contributed by atoms with van der Waals surface area (Å²) in [5.74, 6) is 0.384. The Labute approximate surface area is 128 Å². The molecular formula is C18H18O4. The second-order valence-electron chi connectivity index (χ2n) is 5.94. The molecule has 2 fully saturated rings. The van der Waals surface area contributed by atoms with E-state index in [-0.39, 0.29) is 23.7 Å². The summed E-state index contributed by atoms with van der Waals surface area (Å²) in [6.45, 7) is 1.53. The van der Waals surface area contributed by atoms with Crippen LogP contribution in [-0.2, 0) is 22.3 Å². The van der Waals surface area contributed by atoms with Crippen molar-refractivity contribution in [2.45, 2.75) is 25.0 Å². The second kappa shape index (κ2) is 5.30. The molecule has 0 aliphatic carbocycles. The summed E-state index contributed by atoms with van der Waals surface area (Å²) in [6, 6.07) is 11.0. The van der Waals surface area contributed by atoms with Gasteiger partial charge < -0.3 is 19.7 Å². The first-order valence-electron chi connectivity index (χ1n) is 7.57. The van der Waals surface area contributed by atoms with Crippen molar-refractivity contribution in [3.63, 3.8) is 0 Å². The van der Waals surface area contributed by atoms with Gasteiger partial charge in [-0.25, -0.2) is 0 Å². The van der Waals surface area contributed by atoms with E-state index < -0.39 is 0 Å². The normalized spacial score (nSPS) is 22.5. The van der Waals surface area contributed by atoms with Gasteiger partial charge in [-0.2, -0.15) is 0 Å². The summed E-state index contributed by atoms with van der Waals surface area (Å²) < 4.78 is 10.6. The van der Waals surface area contributed by atoms with Crippen molar-refractivity contribution in [3.05, 3.63) is 47.5 Å². The first kappa shape index (κ1) is 13.6. The average molecular weight is 298 g/mol. The van der Waals surface area contributed by atoms with Crippen LogP contribution >= 0.6 is 0 Å². The number of phenolic OH excluding ortho intramolecular Hbond substituents is 2. The van der Waals surface area contributed by atoms with Crippen molar-refractivity contribution < 1.29 is 19.7 Å². The molecule has 0 saturated carbocycles. The standard InChI is InChI=1S/C18H18O4/c19-15-5-1-3-11(7-13-9-21-13)17(15)18-12(8-14-10-22-14)4-2-6-16(18)20/h1-6,13-14,19-20H,7-10H2. The van der Waals surface area contributed by atoms with E-state index in [1.165, 1.54) is 0 Å². The molecule has 0 bridgehead atoms. The largest absolute Gasteiger partial charge is 0.507 e. The molecule has 2 aliphatic rings. The first-order valence-corrected chi connectivity index (χ1v) is 7.57. The molecule has 4 heteroatoms. The summed E-state index contributed by atoms with van der Waals surface area (Å²) >= 11 is 0. The van der Waals surface area contributed by atoms with Crippen molar-refractivity contribution in [1.82, 2.24) is 0 Å². The number of benzene rings is 2. The van der Waals surface area contributed by atoms with Crippen molar-refractivity contribution in [1.29, 1.82) is 0 Å². The van der Waals surface area contributed by atoms with Crippen molar-refractivity contribution >= 4 is 0 Å². The van der Waals surface area contributed by atoms with Crippen LogP contribution in [-0.4, -0.2) is 35.6 Å². The van der Waals surface area contributed by atoms with E-state index >= 15 is 0 Å². The minimum Gasteiger partial charge on any atom is -0.507 e. The average Bonchev–Trinajstić information content (AvgIpc) is 3.37. The zero-order chi connectivity index (χ0) is 15.1. The molecule has 0 radical (unpaired) electrons. The van der Waals surface area contributed by atoms with Gasteiger partial charge in [0.25, 0.3) is 0 Å². The molecular weight excluding hydrogens is 280 g/mol. The third-order valence-electron chi connectivity index (χ3n) is 4.21. The minimum atomic E-state index is 0.192. The molecule has 2 N–H and O–H groups in total. The molecule has 0 amide bonds. The van der Waals surface area contributed by atoms with Gasteiger partial charge in [0.05, 0.1) is 25.4 Å². The zero-order valence-electron chi connectivity index (χ0n) is 12.2. The van der Waals surface area contributed by atoms with Gasteiger partial charge in [0.15, 0.2) is 0 Å². The molecule has 2 aromatic carbocycles. The van der Waals surface area contributed by atoms with E-state index in [4.69, 9.17) is 9.47 Å². The molecule has 22 heavy (non-hydrogen) atoms. The lowest BCUT2D eigenvalue weighted by atomic mass is 9.90. The highest BCUT2D eigenvalue weighted by Crippen LogP contribution is 2.42. The van der Waals surface area contributed by atoms with Crippen molar-refractivity contribution in [2.75, 3.05) is 13.2 Å². The Morgan fingerprint density at radius 2 is 1.18 bits per heavy atom. The van der Waals surface area contributed by atoms with Crippen LogP contribution in [0.4, 0.5) is 0 Å². The van der Waals surface area contributed by atoms with Crippen LogP contribution in [0, 0.1) is 0 Å². The highest BCUT2D eigenvalue weighted by molar-refractivity contribution is 5.81. The topological polar surface area (TPSA) is 65.5 Å². The minimum absolute atomic E-state index is 0.192. The Morgan fingerprint density at radius 1 is 0.773 bits per heavy atom. The molecule has 0 aromatic heterocycles. The van der Waals surface area contributed by atoms with Gasteiger partial charge in [0.2, 0.25) is 0 Å². The molecule has 0 spiro atoms. The SMILES string of the molecule is Oc1cccc(CC2CO2)c1-c1c(O)cccc1CC1CO1. The van der Waals surface area contributed by atoms with Crippen LogP contribution in [0.5, 0.6) is 11.5 Å². The van der Waals surface area contributed by atoms with Gasteiger partial charge in [0.1, 0.15) is 11.5 Å². The Hall–Kier alpha value is -2.04. The summed E-state index contributed by atoms with van der Waals surface area (Å²) in [6.07, 6.45) is 1.94. The Morgan fingerprint density at radius 3 is 1.55 bits per heavy atom. The smallest absolute Gasteiger partial charge is 0.123 e. The van der Waals surface area contributed by atoms with Crippen LogP contribution in [0.15, 0.2) is 36.4 Å². The highest BCUT2D eigenvalue weighted by atomic mass is 16.6. The van der Waals surface area contributed by atoms with E-state index in [0.717, 1.165) is 37.2 Å². The zero-order valence-corrected chi connectivity index (χ0v) is 12.2. The maximum absolute atomic E-state index is 10.4. The summed E-state index contributed by atoms with van der Waals surface area (Å²) in [4.78, 5) is 0. The predicted molar refractivity (Wildman–Crippen MR) is 82.1 cm³/mol. The van der Waals surface area contributed by atoms with E-state index in [0.29, 0.717) is 11.1 Å². The molecule has 2 saturated heterocycles. The number of epoxide rings is 2. The van der Waals surface area contributed by atoms with Gasteiger partial charge in [-0.05, 0) is 23.3 Å². The highest BCUT2D eigenvalue weighted by Gasteiger charge is 2.28. The number of rotatable bonds is 5. The third kappa shape index (κ3) is 2.67. The Balaban J connectivity index is 1.83. The van der Waals surface area contributed by atoms with Crippen molar-refractivity contribution in [2.24, 2.45) is 0 Å². The van der Waals surface area contributed by atoms with E-state index in [1.807, 2.05) is 24.3 Å². The summed E-state index contributed by atoms with van der Waals surface area (Å²) in [7, 11) is 0. The number of hydrogen-bond acceptors (Lipinski definition) is 4. The molecule has 2 heterocycles. The molecule has 2 aromatic rings. The third-order valence-corrected chi connectivity index (χ3v) is 4.21. The number of phenols is 2. The quantitative estimate of drug-likeness (QED) is 0.833. The Kier molecular flexibility index (Phi) is 3.28. The second-order valence-corrected chi connectivity index (χ2v) is 5.94. The molecule has 2 unspecified atom stereocenters. The van der Waals surface area contributed by atoms with Gasteiger partial charge in [-0.15, -0.1) is 0 Å². The number of ether oxygens (including phenoxy) is 2. The number of hydrogen-bond donors (Lipinski definition) is 2. The van der Waals surface area contributed by atoms with Crippen LogP contribution < -0.4 is 0 Å². The fourth-order valence-corrected chi connectivity index (χ4v) is 2.95. The van der Waals surface area contributed by atoms with Crippen LogP contribution in [0.2, 0.25) is 0 Å². The van der Waals surface area contributed by atoms with E-state index in [9.17, 15) is 10.2 Å². The molecule has 114 valence electrons. The fourth-order valence-electron chi connectivity index (χ4n) is 2.95. The maximum Gasteiger partial charge on any atom is 0.123 e. The molecule has 2 atom stereocenters. The van der Waals surface area contributed by atoms with E-state index in [1.54, 1.807) is 12.1 Å². The lowest BCUT2D eigenvalue weighted by Gasteiger charge is -2.16. The van der Waals surface area contributed by atoms with Crippen LogP contribution in [0.1, 0.15) is 11.1 Å². The Bertz CT molecular complexity index is 641. The lowest BCUT2D eigenvalue weighted by molar-refractivity contribution is 0.406. The maximum atomic E-state index is 10.4. The predicted octanol–water partition coefficient (Wildman–Crippen LogP) is 2.65. The van der Waals surface area contributed by atoms with Crippen molar-refractivity contribution in [3.8, 4) is 22.6 Å². The monoisotopic (exact) mass is 298 g/mol. The number of aromatic hydroxyl groups is 2. The molecule has 4 rings (SSSR count). The van der Waals surface area contributed by atoms with Gasteiger partial charge in [-0.3, -0.25) is 0 Å². The summed E-state index contributed by atoms with van der Waals surface area (Å²) in [5, 5.41) is 20.8. The van der Waals surface area contributed by atoms with Gasteiger partial charge >= 0.3 is 0 Å². The molecule has 4 nitrogen and oxygen atoms in total. The van der Waals surface area contributed by atoms with Gasteiger partial charge in [-0.1, -0.05) is 24.3 Å².